The Bertz CT molecular complexity index is 1530. The highest BCUT2D eigenvalue weighted by atomic mass is 32.2. The third-order valence-corrected chi connectivity index (χ3v) is 9.28. The molecule has 3 amide bonds. The summed E-state index contributed by atoms with van der Waals surface area (Å²) in [7, 11) is -2.42. The Morgan fingerprint density at radius 2 is 1.42 bits per heavy atom. The van der Waals surface area contributed by atoms with Crippen LogP contribution < -0.4 is 20.3 Å². The van der Waals surface area contributed by atoms with Gasteiger partial charge in [0, 0.05) is 25.1 Å². The number of amides is 3. The minimum atomic E-state index is -3.84. The van der Waals surface area contributed by atoms with Gasteiger partial charge in [0.15, 0.2) is 0 Å². The first-order valence-electron chi connectivity index (χ1n) is 15.0. The highest BCUT2D eigenvalue weighted by Crippen LogP contribution is 2.23. The standard InChI is InChI=1S/C34H44N4O6S/c1-23(2)19-30(31(39)20-24(3)32(40)36-25(4)33(41)35-22-26-13-8-6-9-14-26)37-34(42)27-15-12-16-28(21-27)38(5)45(43,44)29-17-10-7-11-18-29/h6-18,21,23-25,30-31,39H,19-20,22H2,1-5H3,(H,35,41)(H,36,40)(H,37,42)/t24-,25-,30+,31+/m1/s1. The fourth-order valence-corrected chi connectivity index (χ4v) is 6.01. The molecule has 4 atom stereocenters. The van der Waals surface area contributed by atoms with Crippen LogP contribution in [0, 0.1) is 11.8 Å². The van der Waals surface area contributed by atoms with E-state index >= 15 is 0 Å². The monoisotopic (exact) mass is 636 g/mol. The number of aliphatic hydroxyl groups is 1. The van der Waals surface area contributed by atoms with Crippen molar-refractivity contribution < 1.29 is 27.9 Å². The Hall–Kier alpha value is -4.22. The molecule has 3 aromatic carbocycles. The molecule has 45 heavy (non-hydrogen) atoms. The molecule has 0 spiro atoms. The number of hydrogen-bond donors (Lipinski definition) is 4. The second-order valence-electron chi connectivity index (χ2n) is 11.7. The average Bonchev–Trinajstić information content (AvgIpc) is 3.03. The van der Waals surface area contributed by atoms with Crippen molar-refractivity contribution in [2.45, 2.75) is 70.2 Å². The Balaban J connectivity index is 1.62. The molecule has 3 aromatic rings. The van der Waals surface area contributed by atoms with Crippen LogP contribution in [0.2, 0.25) is 0 Å². The molecular formula is C34H44N4O6S. The molecule has 0 aliphatic heterocycles. The van der Waals surface area contributed by atoms with Gasteiger partial charge in [0.2, 0.25) is 11.8 Å². The zero-order valence-electron chi connectivity index (χ0n) is 26.4. The zero-order chi connectivity index (χ0) is 33.1. The number of aliphatic hydroxyl groups excluding tert-OH is 1. The molecule has 0 aromatic heterocycles. The summed E-state index contributed by atoms with van der Waals surface area (Å²) >= 11 is 0. The first kappa shape index (κ1) is 35.3. The summed E-state index contributed by atoms with van der Waals surface area (Å²) in [5.74, 6) is -1.71. The second kappa shape index (κ2) is 16.2. The predicted molar refractivity (Wildman–Crippen MR) is 175 cm³/mol. The smallest absolute Gasteiger partial charge is 0.264 e. The van der Waals surface area contributed by atoms with E-state index in [1.54, 1.807) is 50.2 Å². The lowest BCUT2D eigenvalue weighted by Gasteiger charge is -2.28. The number of sulfonamides is 1. The average molecular weight is 637 g/mol. The van der Waals surface area contributed by atoms with Crippen LogP contribution in [-0.4, -0.2) is 56.5 Å². The fourth-order valence-electron chi connectivity index (χ4n) is 4.80. The van der Waals surface area contributed by atoms with E-state index in [1.165, 1.54) is 25.2 Å². The number of carbonyl (C=O) groups excluding carboxylic acids is 3. The first-order valence-corrected chi connectivity index (χ1v) is 16.5. The molecule has 0 saturated heterocycles. The van der Waals surface area contributed by atoms with Gasteiger partial charge in [-0.2, -0.15) is 0 Å². The van der Waals surface area contributed by atoms with E-state index in [0.29, 0.717) is 18.7 Å². The third-order valence-electron chi connectivity index (χ3n) is 7.48. The number of benzene rings is 3. The fraction of sp³-hybridized carbons (Fsp3) is 0.382. The van der Waals surface area contributed by atoms with Crippen molar-refractivity contribution in [1.82, 2.24) is 16.0 Å². The molecule has 0 fully saturated rings. The molecule has 10 nitrogen and oxygen atoms in total. The largest absolute Gasteiger partial charge is 0.391 e. The lowest BCUT2D eigenvalue weighted by molar-refractivity contribution is -0.131. The molecule has 0 aliphatic rings. The van der Waals surface area contributed by atoms with E-state index in [1.807, 2.05) is 44.2 Å². The van der Waals surface area contributed by atoms with E-state index < -0.39 is 40.0 Å². The van der Waals surface area contributed by atoms with Crippen molar-refractivity contribution in [2.24, 2.45) is 11.8 Å². The number of carbonyl (C=O) groups is 3. The van der Waals surface area contributed by atoms with Crippen molar-refractivity contribution in [2.75, 3.05) is 11.4 Å². The highest BCUT2D eigenvalue weighted by molar-refractivity contribution is 7.92. The molecule has 0 saturated carbocycles. The zero-order valence-corrected chi connectivity index (χ0v) is 27.3. The quantitative estimate of drug-likeness (QED) is 0.199. The van der Waals surface area contributed by atoms with Gasteiger partial charge in [-0.05, 0) is 61.6 Å². The van der Waals surface area contributed by atoms with Gasteiger partial charge in [0.1, 0.15) is 6.04 Å². The van der Waals surface area contributed by atoms with E-state index in [2.05, 4.69) is 16.0 Å². The van der Waals surface area contributed by atoms with Gasteiger partial charge < -0.3 is 21.1 Å². The molecule has 242 valence electrons. The van der Waals surface area contributed by atoms with Gasteiger partial charge in [-0.3, -0.25) is 18.7 Å². The summed E-state index contributed by atoms with van der Waals surface area (Å²) in [6.07, 6.45) is -0.551. The van der Waals surface area contributed by atoms with Crippen molar-refractivity contribution >= 4 is 33.4 Å². The minimum Gasteiger partial charge on any atom is -0.391 e. The number of nitrogens with one attached hydrogen (secondary N) is 3. The lowest BCUT2D eigenvalue weighted by atomic mass is 9.92. The maximum absolute atomic E-state index is 13.3. The van der Waals surface area contributed by atoms with Crippen LogP contribution in [0.3, 0.4) is 0 Å². The highest BCUT2D eigenvalue weighted by Gasteiger charge is 2.29. The van der Waals surface area contributed by atoms with Crippen LogP contribution in [0.15, 0.2) is 89.8 Å². The van der Waals surface area contributed by atoms with Gasteiger partial charge in [-0.15, -0.1) is 0 Å². The summed E-state index contributed by atoms with van der Waals surface area (Å²) in [5, 5.41) is 19.5. The van der Waals surface area contributed by atoms with Crippen molar-refractivity contribution in [3.05, 3.63) is 96.1 Å². The normalized spacial score (nSPS) is 14.1. The molecule has 0 unspecified atom stereocenters. The summed E-state index contributed by atoms with van der Waals surface area (Å²) in [6, 6.07) is 22.2. The molecular weight excluding hydrogens is 592 g/mol. The third kappa shape index (κ3) is 10.2. The SMILES string of the molecule is CC(C)C[C@H](NC(=O)c1cccc(N(C)S(=O)(=O)c2ccccc2)c1)[C@@H](O)C[C@@H](C)C(=O)N[C@H](C)C(=O)NCc1ccccc1. The summed E-state index contributed by atoms with van der Waals surface area (Å²) in [5.41, 5.74) is 1.47. The van der Waals surface area contributed by atoms with Gasteiger partial charge in [0.25, 0.3) is 15.9 Å². The maximum atomic E-state index is 13.3. The molecule has 0 heterocycles. The predicted octanol–water partition coefficient (Wildman–Crippen LogP) is 3.86. The summed E-state index contributed by atoms with van der Waals surface area (Å²) in [4.78, 5) is 38.9. The Morgan fingerprint density at radius 1 is 0.800 bits per heavy atom. The molecule has 11 heteroatoms. The number of rotatable bonds is 15. The molecule has 3 rings (SSSR count). The van der Waals surface area contributed by atoms with Crippen LogP contribution in [0.25, 0.3) is 0 Å². The number of nitrogens with zero attached hydrogens (tertiary/aromatic N) is 1. The van der Waals surface area contributed by atoms with E-state index in [-0.39, 0.29) is 34.6 Å². The van der Waals surface area contributed by atoms with Crippen LogP contribution in [0.5, 0.6) is 0 Å². The van der Waals surface area contributed by atoms with Crippen LogP contribution in [0.1, 0.15) is 56.5 Å². The Morgan fingerprint density at radius 3 is 2.04 bits per heavy atom. The molecule has 0 aliphatic carbocycles. The molecule has 0 bridgehead atoms. The topological polar surface area (TPSA) is 145 Å². The summed E-state index contributed by atoms with van der Waals surface area (Å²) < 4.78 is 27.3. The van der Waals surface area contributed by atoms with Crippen molar-refractivity contribution in [3.63, 3.8) is 0 Å². The van der Waals surface area contributed by atoms with Gasteiger partial charge >= 0.3 is 0 Å². The van der Waals surface area contributed by atoms with Crippen molar-refractivity contribution in [3.8, 4) is 0 Å². The number of hydrogen-bond acceptors (Lipinski definition) is 6. The summed E-state index contributed by atoms with van der Waals surface area (Å²) in [6.45, 7) is 7.52. The second-order valence-corrected chi connectivity index (χ2v) is 13.7. The molecule has 4 N–H and O–H groups in total. The number of anilines is 1. The molecule has 0 radical (unpaired) electrons. The van der Waals surface area contributed by atoms with Crippen LogP contribution >= 0.6 is 0 Å². The van der Waals surface area contributed by atoms with Gasteiger partial charge in [-0.1, -0.05) is 75.4 Å². The van der Waals surface area contributed by atoms with Gasteiger partial charge in [0.05, 0.1) is 22.7 Å². The van der Waals surface area contributed by atoms with Crippen LogP contribution in [-0.2, 0) is 26.2 Å². The maximum Gasteiger partial charge on any atom is 0.264 e. The van der Waals surface area contributed by atoms with E-state index in [9.17, 15) is 27.9 Å². The lowest BCUT2D eigenvalue weighted by Crippen LogP contribution is -2.48. The van der Waals surface area contributed by atoms with Crippen LogP contribution in [0.4, 0.5) is 5.69 Å². The van der Waals surface area contributed by atoms with E-state index in [4.69, 9.17) is 0 Å². The minimum absolute atomic E-state index is 0.0555. The van der Waals surface area contributed by atoms with E-state index in [0.717, 1.165) is 9.87 Å². The Labute approximate surface area is 266 Å². The Kier molecular flexibility index (Phi) is 12.7. The van der Waals surface area contributed by atoms with Crippen molar-refractivity contribution in [1.29, 1.82) is 0 Å². The van der Waals surface area contributed by atoms with Gasteiger partial charge in [-0.25, -0.2) is 8.42 Å². The first-order chi connectivity index (χ1) is 21.3.